The van der Waals surface area contributed by atoms with Crippen LogP contribution in [-0.4, -0.2) is 17.2 Å². The average molecular weight is 245 g/mol. The molecule has 0 aliphatic heterocycles. The van der Waals surface area contributed by atoms with Crippen LogP contribution >= 0.6 is 0 Å². The Bertz CT molecular complexity index is 656. The molecule has 2 N–H and O–H groups in total. The second-order valence-corrected chi connectivity index (χ2v) is 3.94. The summed E-state index contributed by atoms with van der Waals surface area (Å²) in [5.74, 6) is 0.392. The highest BCUT2D eigenvalue weighted by molar-refractivity contribution is 5.86. The maximum Gasteiger partial charge on any atom is 0.189 e. The first-order valence-corrected chi connectivity index (χ1v) is 5.70. The van der Waals surface area contributed by atoms with E-state index in [0.29, 0.717) is 28.6 Å². The van der Waals surface area contributed by atoms with Gasteiger partial charge in [0, 0.05) is 23.2 Å². The largest absolute Gasteiger partial charge is 0.504 e. The minimum Gasteiger partial charge on any atom is -0.504 e. The smallest absolute Gasteiger partial charge is 0.189 e. The van der Waals surface area contributed by atoms with Crippen molar-refractivity contribution in [3.63, 3.8) is 0 Å². The number of benzene rings is 1. The summed E-state index contributed by atoms with van der Waals surface area (Å²) in [6.45, 7) is 1.90. The number of phenolic OH excluding ortho intramolecular Hbond substituents is 1. The lowest BCUT2D eigenvalue weighted by atomic mass is 10.0. The van der Waals surface area contributed by atoms with E-state index in [4.69, 9.17) is 4.74 Å². The van der Waals surface area contributed by atoms with Gasteiger partial charge in [-0.25, -0.2) is 0 Å². The quantitative estimate of drug-likeness (QED) is 0.816. The summed E-state index contributed by atoms with van der Waals surface area (Å²) in [6.07, 6.45) is 5.93. The molecule has 1 heterocycles. The van der Waals surface area contributed by atoms with Gasteiger partial charge >= 0.3 is 0 Å². The van der Waals surface area contributed by atoms with Gasteiger partial charge in [0.1, 0.15) is 0 Å². The number of nitrogens with one attached hydrogen (secondary N) is 1. The van der Waals surface area contributed by atoms with Gasteiger partial charge in [0.15, 0.2) is 16.9 Å². The number of rotatable bonds is 3. The summed E-state index contributed by atoms with van der Waals surface area (Å²) in [6, 6.07) is 3.01. The van der Waals surface area contributed by atoms with Crippen molar-refractivity contribution in [2.75, 3.05) is 7.11 Å². The predicted molar refractivity (Wildman–Crippen MR) is 71.3 cm³/mol. The van der Waals surface area contributed by atoms with Crippen molar-refractivity contribution in [1.29, 1.82) is 0 Å². The topological polar surface area (TPSA) is 62.3 Å². The summed E-state index contributed by atoms with van der Waals surface area (Å²) in [7, 11) is 1.47. The maximum atomic E-state index is 11.8. The van der Waals surface area contributed by atoms with E-state index in [2.05, 4.69) is 4.98 Å². The summed E-state index contributed by atoms with van der Waals surface area (Å²) in [5.41, 5.74) is 1.22. The molecule has 0 radical (unpaired) electrons. The SMILES string of the molecule is CC=CCc1c(O)c(OC)cc2c(=O)cc[nH]c12. The molecule has 0 atom stereocenters. The molecular formula is C14H15NO3. The fourth-order valence-corrected chi connectivity index (χ4v) is 1.94. The molecule has 0 spiro atoms. The molecule has 94 valence electrons. The molecule has 0 aliphatic rings. The lowest BCUT2D eigenvalue weighted by Gasteiger charge is -2.11. The molecule has 1 aromatic heterocycles. The molecule has 2 rings (SSSR count). The van der Waals surface area contributed by atoms with Gasteiger partial charge in [0.05, 0.1) is 12.6 Å². The Balaban J connectivity index is 2.82. The molecule has 0 amide bonds. The first-order chi connectivity index (χ1) is 8.69. The van der Waals surface area contributed by atoms with Crippen LogP contribution < -0.4 is 10.2 Å². The number of hydrogen-bond acceptors (Lipinski definition) is 3. The van der Waals surface area contributed by atoms with E-state index in [1.165, 1.54) is 13.2 Å². The van der Waals surface area contributed by atoms with Crippen molar-refractivity contribution < 1.29 is 9.84 Å². The normalized spacial score (nSPS) is 11.2. The van der Waals surface area contributed by atoms with Crippen molar-refractivity contribution in [2.45, 2.75) is 13.3 Å². The molecule has 4 nitrogen and oxygen atoms in total. The number of aromatic nitrogens is 1. The lowest BCUT2D eigenvalue weighted by Crippen LogP contribution is -2.03. The van der Waals surface area contributed by atoms with E-state index < -0.39 is 0 Å². The Labute approximate surface area is 105 Å². The second-order valence-electron chi connectivity index (χ2n) is 3.94. The molecular weight excluding hydrogens is 230 g/mol. The fourth-order valence-electron chi connectivity index (χ4n) is 1.94. The van der Waals surface area contributed by atoms with Crippen LogP contribution in [-0.2, 0) is 6.42 Å². The number of methoxy groups -OCH3 is 1. The monoisotopic (exact) mass is 245 g/mol. The molecule has 0 bridgehead atoms. The molecule has 0 saturated carbocycles. The summed E-state index contributed by atoms with van der Waals surface area (Å²) in [4.78, 5) is 14.8. The van der Waals surface area contributed by atoms with Crippen LogP contribution in [0.4, 0.5) is 0 Å². The minimum atomic E-state index is -0.0937. The third-order valence-corrected chi connectivity index (χ3v) is 2.87. The number of H-pyrrole nitrogens is 1. The van der Waals surface area contributed by atoms with Crippen molar-refractivity contribution in [3.8, 4) is 11.5 Å². The van der Waals surface area contributed by atoms with Gasteiger partial charge in [-0.3, -0.25) is 4.79 Å². The standard InChI is InChI=1S/C14H15NO3/c1-3-4-5-9-13-10(11(16)6-7-15-13)8-12(18-2)14(9)17/h3-4,6-8,17H,5H2,1-2H3,(H,15,16). The molecule has 0 unspecified atom stereocenters. The van der Waals surface area contributed by atoms with E-state index in [0.717, 1.165) is 0 Å². The molecule has 0 saturated heterocycles. The van der Waals surface area contributed by atoms with Gasteiger partial charge in [-0.05, 0) is 19.4 Å². The van der Waals surface area contributed by atoms with Crippen molar-refractivity contribution in [3.05, 3.63) is 46.3 Å². The van der Waals surface area contributed by atoms with Crippen LogP contribution in [0.25, 0.3) is 10.9 Å². The number of hydrogen-bond donors (Lipinski definition) is 2. The van der Waals surface area contributed by atoms with Crippen LogP contribution in [0.3, 0.4) is 0 Å². The number of fused-ring (bicyclic) bond motifs is 1. The number of phenols is 1. The summed E-state index contributed by atoms with van der Waals surface area (Å²) < 4.78 is 5.10. The zero-order chi connectivity index (χ0) is 13.1. The first-order valence-electron chi connectivity index (χ1n) is 5.70. The number of ether oxygens (including phenoxy) is 1. The Kier molecular flexibility index (Phi) is 3.37. The first kappa shape index (κ1) is 12.2. The molecule has 0 fully saturated rings. The van der Waals surface area contributed by atoms with Crippen LogP contribution in [0, 0.1) is 0 Å². The number of allylic oxidation sites excluding steroid dienone is 2. The van der Waals surface area contributed by atoms with Crippen LogP contribution in [0.5, 0.6) is 11.5 Å². The number of pyridine rings is 1. The molecule has 0 aliphatic carbocycles. The molecule has 1 aromatic carbocycles. The van der Waals surface area contributed by atoms with E-state index >= 15 is 0 Å². The number of aromatic amines is 1. The van der Waals surface area contributed by atoms with E-state index in [1.807, 2.05) is 19.1 Å². The zero-order valence-corrected chi connectivity index (χ0v) is 10.4. The Morgan fingerprint density at radius 2 is 2.28 bits per heavy atom. The fraction of sp³-hybridized carbons (Fsp3) is 0.214. The second kappa shape index (κ2) is 4.96. The third kappa shape index (κ3) is 1.97. The van der Waals surface area contributed by atoms with E-state index in [-0.39, 0.29) is 11.2 Å². The highest BCUT2D eigenvalue weighted by atomic mass is 16.5. The van der Waals surface area contributed by atoms with Gasteiger partial charge in [0.25, 0.3) is 0 Å². The molecule has 18 heavy (non-hydrogen) atoms. The summed E-state index contributed by atoms with van der Waals surface area (Å²) in [5, 5.41) is 10.6. The van der Waals surface area contributed by atoms with Gasteiger partial charge < -0.3 is 14.8 Å². The summed E-state index contributed by atoms with van der Waals surface area (Å²) >= 11 is 0. The molecule has 2 aromatic rings. The highest BCUT2D eigenvalue weighted by Gasteiger charge is 2.14. The van der Waals surface area contributed by atoms with E-state index in [1.54, 1.807) is 12.3 Å². The van der Waals surface area contributed by atoms with Crippen LogP contribution in [0.15, 0.2) is 35.3 Å². The maximum absolute atomic E-state index is 11.8. The third-order valence-electron chi connectivity index (χ3n) is 2.87. The Morgan fingerprint density at radius 3 is 2.94 bits per heavy atom. The van der Waals surface area contributed by atoms with Crippen LogP contribution in [0.1, 0.15) is 12.5 Å². The van der Waals surface area contributed by atoms with Crippen molar-refractivity contribution >= 4 is 10.9 Å². The predicted octanol–water partition coefficient (Wildman–Crippen LogP) is 2.36. The zero-order valence-electron chi connectivity index (χ0n) is 10.4. The highest BCUT2D eigenvalue weighted by Crippen LogP contribution is 2.34. The van der Waals surface area contributed by atoms with Gasteiger partial charge in [-0.15, -0.1) is 0 Å². The van der Waals surface area contributed by atoms with Gasteiger partial charge in [-0.2, -0.15) is 0 Å². The minimum absolute atomic E-state index is 0.0740. The van der Waals surface area contributed by atoms with E-state index in [9.17, 15) is 9.90 Å². The lowest BCUT2D eigenvalue weighted by molar-refractivity contribution is 0.372. The Hall–Kier alpha value is -2.23. The van der Waals surface area contributed by atoms with Gasteiger partial charge in [0.2, 0.25) is 0 Å². The number of aromatic hydroxyl groups is 1. The molecule has 4 heteroatoms. The van der Waals surface area contributed by atoms with Gasteiger partial charge in [-0.1, -0.05) is 12.2 Å². The average Bonchev–Trinajstić information content (AvgIpc) is 2.38. The van der Waals surface area contributed by atoms with Crippen LogP contribution in [0.2, 0.25) is 0 Å². The van der Waals surface area contributed by atoms with Crippen molar-refractivity contribution in [2.24, 2.45) is 0 Å². The Morgan fingerprint density at radius 1 is 1.50 bits per heavy atom. The van der Waals surface area contributed by atoms with Crippen molar-refractivity contribution in [1.82, 2.24) is 4.98 Å².